The van der Waals surface area contributed by atoms with E-state index >= 15 is 0 Å². The van der Waals surface area contributed by atoms with Gasteiger partial charge in [-0.3, -0.25) is 0 Å². The third-order valence-corrected chi connectivity index (χ3v) is 2.91. The smallest absolute Gasteiger partial charge is 0.348 e. The van der Waals surface area contributed by atoms with Crippen LogP contribution in [0.25, 0.3) is 0 Å². The lowest BCUT2D eigenvalue weighted by Crippen LogP contribution is -1.96. The fourth-order valence-corrected chi connectivity index (χ4v) is 2.17. The molecule has 0 atom stereocenters. The SMILES string of the molecule is COC(=O)c1cc(CCl)c(C)s1. The number of esters is 1. The van der Waals surface area contributed by atoms with Gasteiger partial charge in [-0.2, -0.15) is 0 Å². The quantitative estimate of drug-likeness (QED) is 0.547. The molecule has 0 spiro atoms. The van der Waals surface area contributed by atoms with Crippen LogP contribution in [-0.4, -0.2) is 13.1 Å². The van der Waals surface area contributed by atoms with Gasteiger partial charge < -0.3 is 4.74 Å². The van der Waals surface area contributed by atoms with Crippen molar-refractivity contribution in [3.05, 3.63) is 21.4 Å². The second kappa shape index (κ2) is 3.92. The summed E-state index contributed by atoms with van der Waals surface area (Å²) in [5, 5.41) is 0. The summed E-state index contributed by atoms with van der Waals surface area (Å²) in [5.41, 5.74) is 1.00. The van der Waals surface area contributed by atoms with Crippen molar-refractivity contribution in [1.29, 1.82) is 0 Å². The maximum atomic E-state index is 11.0. The Balaban J connectivity index is 2.96. The van der Waals surface area contributed by atoms with Gasteiger partial charge in [0.15, 0.2) is 0 Å². The highest BCUT2D eigenvalue weighted by Gasteiger charge is 2.11. The van der Waals surface area contributed by atoms with Crippen LogP contribution < -0.4 is 0 Å². The van der Waals surface area contributed by atoms with E-state index in [9.17, 15) is 4.79 Å². The van der Waals surface area contributed by atoms with Gasteiger partial charge in [-0.15, -0.1) is 22.9 Å². The summed E-state index contributed by atoms with van der Waals surface area (Å²) < 4.78 is 4.58. The average molecular weight is 205 g/mol. The number of ether oxygens (including phenoxy) is 1. The predicted molar refractivity (Wildman–Crippen MR) is 50.0 cm³/mol. The molecule has 0 aliphatic rings. The molecule has 2 nitrogen and oxygen atoms in total. The largest absolute Gasteiger partial charge is 0.465 e. The van der Waals surface area contributed by atoms with Gasteiger partial charge in [-0.05, 0) is 18.6 Å². The molecule has 1 aromatic heterocycles. The summed E-state index contributed by atoms with van der Waals surface area (Å²) in [6.07, 6.45) is 0. The van der Waals surface area contributed by atoms with Crippen LogP contribution in [0.4, 0.5) is 0 Å². The lowest BCUT2D eigenvalue weighted by molar-refractivity contribution is 0.0606. The van der Waals surface area contributed by atoms with Gasteiger partial charge in [0, 0.05) is 10.8 Å². The van der Waals surface area contributed by atoms with Gasteiger partial charge in [-0.1, -0.05) is 0 Å². The van der Waals surface area contributed by atoms with Crippen LogP contribution in [0.3, 0.4) is 0 Å². The van der Waals surface area contributed by atoms with Crippen LogP contribution in [0.15, 0.2) is 6.07 Å². The van der Waals surface area contributed by atoms with Gasteiger partial charge in [-0.25, -0.2) is 4.79 Å². The van der Waals surface area contributed by atoms with E-state index < -0.39 is 0 Å². The normalized spacial score (nSPS) is 9.92. The highest BCUT2D eigenvalue weighted by Crippen LogP contribution is 2.23. The number of hydrogen-bond donors (Lipinski definition) is 0. The number of methoxy groups -OCH3 is 1. The third-order valence-electron chi connectivity index (χ3n) is 1.55. The predicted octanol–water partition coefficient (Wildman–Crippen LogP) is 2.58. The molecular weight excluding hydrogens is 196 g/mol. The van der Waals surface area contributed by atoms with Crippen LogP contribution in [0.2, 0.25) is 0 Å². The highest BCUT2D eigenvalue weighted by molar-refractivity contribution is 7.14. The number of hydrogen-bond acceptors (Lipinski definition) is 3. The molecule has 0 aliphatic heterocycles. The van der Waals surface area contributed by atoms with Gasteiger partial charge in [0.05, 0.1) is 7.11 Å². The number of halogens is 1. The molecule has 4 heteroatoms. The van der Waals surface area contributed by atoms with Crippen LogP contribution in [-0.2, 0) is 10.6 Å². The minimum atomic E-state index is -0.292. The molecule has 1 heterocycles. The topological polar surface area (TPSA) is 26.3 Å². The second-order valence-corrected chi connectivity index (χ2v) is 3.84. The summed E-state index contributed by atoms with van der Waals surface area (Å²) in [7, 11) is 1.37. The fraction of sp³-hybridized carbons (Fsp3) is 0.375. The van der Waals surface area contributed by atoms with Gasteiger partial charge in [0.1, 0.15) is 4.88 Å². The maximum absolute atomic E-state index is 11.0. The Hall–Kier alpha value is -0.540. The zero-order chi connectivity index (χ0) is 9.14. The number of rotatable bonds is 2. The Morgan fingerprint density at radius 2 is 2.42 bits per heavy atom. The lowest BCUT2D eigenvalue weighted by Gasteiger charge is -1.90. The zero-order valence-electron chi connectivity index (χ0n) is 6.89. The third kappa shape index (κ3) is 1.79. The maximum Gasteiger partial charge on any atom is 0.348 e. The standard InChI is InChI=1S/C8H9ClO2S/c1-5-6(4-9)3-7(12-5)8(10)11-2/h3H,4H2,1-2H3. The van der Waals surface area contributed by atoms with E-state index in [1.54, 1.807) is 6.07 Å². The number of alkyl halides is 1. The number of carbonyl (C=O) groups is 1. The van der Waals surface area contributed by atoms with Crippen molar-refractivity contribution in [2.75, 3.05) is 7.11 Å². The van der Waals surface area contributed by atoms with E-state index in [1.807, 2.05) is 6.92 Å². The summed E-state index contributed by atoms with van der Waals surface area (Å²) in [4.78, 5) is 12.7. The molecule has 0 amide bonds. The Labute approximate surface area is 80.1 Å². The molecule has 0 N–H and O–H groups in total. The highest BCUT2D eigenvalue weighted by atomic mass is 35.5. The van der Waals surface area contributed by atoms with Crippen LogP contribution in [0.5, 0.6) is 0 Å². The molecule has 0 bridgehead atoms. The summed E-state index contributed by atoms with van der Waals surface area (Å²) in [6, 6.07) is 1.78. The van der Waals surface area contributed by atoms with Crippen molar-refractivity contribution in [3.63, 3.8) is 0 Å². The minimum Gasteiger partial charge on any atom is -0.465 e. The zero-order valence-corrected chi connectivity index (χ0v) is 8.46. The first-order valence-corrected chi connectivity index (χ1v) is 4.77. The lowest BCUT2D eigenvalue weighted by atomic mass is 10.3. The summed E-state index contributed by atoms with van der Waals surface area (Å²) in [6.45, 7) is 1.94. The van der Waals surface area contributed by atoms with Crippen LogP contribution in [0, 0.1) is 6.92 Å². The molecule has 1 rings (SSSR count). The van der Waals surface area contributed by atoms with Gasteiger partial charge >= 0.3 is 5.97 Å². The van der Waals surface area contributed by atoms with Crippen LogP contribution in [0.1, 0.15) is 20.1 Å². The van der Waals surface area contributed by atoms with Crippen molar-refractivity contribution in [3.8, 4) is 0 Å². The van der Waals surface area contributed by atoms with Crippen molar-refractivity contribution in [2.24, 2.45) is 0 Å². The molecule has 0 aliphatic carbocycles. The van der Waals surface area contributed by atoms with Gasteiger partial charge in [0.25, 0.3) is 0 Å². The number of aryl methyl sites for hydroxylation is 1. The van der Waals surface area contributed by atoms with E-state index in [1.165, 1.54) is 18.4 Å². The summed E-state index contributed by atoms with van der Waals surface area (Å²) in [5.74, 6) is 0.152. The molecule has 0 aromatic carbocycles. The molecule has 0 unspecified atom stereocenters. The van der Waals surface area contributed by atoms with Crippen molar-refractivity contribution in [2.45, 2.75) is 12.8 Å². The molecule has 1 aromatic rings. The molecule has 66 valence electrons. The second-order valence-electron chi connectivity index (χ2n) is 2.32. The van der Waals surface area contributed by atoms with Crippen LogP contribution >= 0.6 is 22.9 Å². The molecular formula is C8H9ClO2S. The molecule has 0 saturated heterocycles. The van der Waals surface area contributed by atoms with Crippen molar-refractivity contribution < 1.29 is 9.53 Å². The Morgan fingerprint density at radius 1 is 1.75 bits per heavy atom. The molecule has 0 fully saturated rings. The average Bonchev–Trinajstić information content (AvgIpc) is 2.45. The van der Waals surface area contributed by atoms with Gasteiger partial charge in [0.2, 0.25) is 0 Å². The van der Waals surface area contributed by atoms with E-state index in [2.05, 4.69) is 4.74 Å². The fourth-order valence-electron chi connectivity index (χ4n) is 0.854. The van der Waals surface area contributed by atoms with E-state index in [0.717, 1.165) is 10.4 Å². The van der Waals surface area contributed by atoms with Crippen molar-refractivity contribution in [1.82, 2.24) is 0 Å². The Kier molecular flexibility index (Phi) is 3.12. The first-order valence-electron chi connectivity index (χ1n) is 3.42. The first-order chi connectivity index (χ1) is 5.69. The number of carbonyl (C=O) groups excluding carboxylic acids is 1. The molecule has 0 radical (unpaired) electrons. The number of thiophene rings is 1. The summed E-state index contributed by atoms with van der Waals surface area (Å²) >= 11 is 7.06. The van der Waals surface area contributed by atoms with E-state index in [-0.39, 0.29) is 5.97 Å². The Bertz CT molecular complexity index is 293. The first kappa shape index (κ1) is 9.55. The minimum absolute atomic E-state index is 0.292. The van der Waals surface area contributed by atoms with Crippen molar-refractivity contribution >= 4 is 28.9 Å². The van der Waals surface area contributed by atoms with E-state index in [4.69, 9.17) is 11.6 Å². The molecule has 0 saturated carbocycles. The molecule has 12 heavy (non-hydrogen) atoms. The Morgan fingerprint density at radius 3 is 2.83 bits per heavy atom. The van der Waals surface area contributed by atoms with E-state index in [0.29, 0.717) is 10.8 Å². The monoisotopic (exact) mass is 204 g/mol.